The Labute approximate surface area is 184 Å². The molecule has 164 valence electrons. The Hall–Kier alpha value is -2.37. The van der Waals surface area contributed by atoms with Crippen LogP contribution in [0.4, 0.5) is 5.82 Å². The minimum absolute atomic E-state index is 0.294. The van der Waals surface area contributed by atoms with Crippen molar-refractivity contribution >= 4 is 48.6 Å². The topological polar surface area (TPSA) is 95.0 Å². The number of anilines is 1. The van der Waals surface area contributed by atoms with Gasteiger partial charge in [0.2, 0.25) is 9.99 Å². The van der Waals surface area contributed by atoms with E-state index < -0.39 is 9.99 Å². The zero-order chi connectivity index (χ0) is 21.3. The Balaban J connectivity index is 1.13. The van der Waals surface area contributed by atoms with Gasteiger partial charge in [-0.25, -0.2) is 8.93 Å². The summed E-state index contributed by atoms with van der Waals surface area (Å²) in [5.41, 5.74) is 0.902. The lowest BCUT2D eigenvalue weighted by Crippen LogP contribution is -2.47. The van der Waals surface area contributed by atoms with Gasteiger partial charge < -0.3 is 13.7 Å². The van der Waals surface area contributed by atoms with Crippen LogP contribution in [0.5, 0.6) is 0 Å². The van der Waals surface area contributed by atoms with Crippen molar-refractivity contribution in [1.29, 1.82) is 0 Å². The van der Waals surface area contributed by atoms with Crippen molar-refractivity contribution in [3.63, 3.8) is 0 Å². The number of hydrogen-bond donors (Lipinski definition) is 2. The summed E-state index contributed by atoms with van der Waals surface area (Å²) in [6, 6.07) is 15.3. The van der Waals surface area contributed by atoms with Gasteiger partial charge in [0.15, 0.2) is 11.2 Å². The standard InChI is InChI=1S/C21H24N4O4S2/c26-31(27,21-28-17-7-2-3-8-18(17)29-21)22-10-5-11-24-12-14-25(15-13-24)20-16-6-1-4-9-19(16)30-23-20/h1-4,6-9H,5,10-15H2,(H2,22,26,27). The number of rotatable bonds is 6. The first-order valence-corrected chi connectivity index (χ1v) is 12.5. The SMILES string of the molecule is O=S(O)(NCCCN1CCN(c2nsc3ccccc23)CC1)=c1oc2ccccc2o1. The van der Waals surface area contributed by atoms with Crippen molar-refractivity contribution < 1.29 is 17.6 Å². The molecule has 1 saturated heterocycles. The second-order valence-electron chi connectivity index (χ2n) is 7.51. The van der Waals surface area contributed by atoms with Crippen molar-refractivity contribution in [2.75, 3.05) is 44.2 Å². The van der Waals surface area contributed by atoms with E-state index >= 15 is 0 Å². The van der Waals surface area contributed by atoms with Crippen molar-refractivity contribution in [2.24, 2.45) is 0 Å². The van der Waals surface area contributed by atoms with Crippen LogP contribution in [0.25, 0.3) is 21.3 Å². The van der Waals surface area contributed by atoms with Gasteiger partial charge in [0.05, 0.1) is 4.70 Å². The summed E-state index contributed by atoms with van der Waals surface area (Å²) in [5.74, 6) is 1.08. The molecule has 4 aromatic rings. The first-order valence-electron chi connectivity index (χ1n) is 10.2. The fourth-order valence-corrected chi connectivity index (χ4v) is 5.53. The number of hydrogen-bond acceptors (Lipinski definition) is 7. The number of nitrogens with one attached hydrogen (secondary N) is 1. The van der Waals surface area contributed by atoms with Crippen molar-refractivity contribution in [1.82, 2.24) is 14.0 Å². The molecule has 1 fully saturated rings. The lowest BCUT2D eigenvalue weighted by atomic mass is 10.2. The second-order valence-corrected chi connectivity index (χ2v) is 9.98. The normalized spacial score (nSPS) is 17.4. The lowest BCUT2D eigenvalue weighted by molar-refractivity contribution is 0.255. The summed E-state index contributed by atoms with van der Waals surface area (Å²) in [6.07, 6.45) is 0.747. The van der Waals surface area contributed by atoms with Crippen molar-refractivity contribution in [2.45, 2.75) is 6.42 Å². The second kappa shape index (κ2) is 8.64. The fourth-order valence-electron chi connectivity index (χ4n) is 3.79. The zero-order valence-corrected chi connectivity index (χ0v) is 18.5. The smallest absolute Gasteiger partial charge is 0.389 e. The lowest BCUT2D eigenvalue weighted by Gasteiger charge is -2.35. The predicted molar refractivity (Wildman–Crippen MR) is 123 cm³/mol. The van der Waals surface area contributed by atoms with E-state index in [0.29, 0.717) is 17.7 Å². The van der Waals surface area contributed by atoms with E-state index in [1.165, 1.54) is 10.1 Å². The molecule has 2 aromatic heterocycles. The number of piperazine rings is 1. The molecule has 0 spiro atoms. The quantitative estimate of drug-likeness (QED) is 0.335. The first kappa shape index (κ1) is 20.5. The van der Waals surface area contributed by atoms with Gasteiger partial charge >= 0.3 is 4.90 Å². The maximum Gasteiger partial charge on any atom is 0.389 e. The molecule has 0 radical (unpaired) electrons. The molecule has 0 aliphatic carbocycles. The van der Waals surface area contributed by atoms with Crippen LogP contribution in [0.15, 0.2) is 57.4 Å². The summed E-state index contributed by atoms with van der Waals surface area (Å²) in [4.78, 5) is 4.42. The Morgan fingerprint density at radius 1 is 1.03 bits per heavy atom. The molecule has 1 aliphatic heterocycles. The van der Waals surface area contributed by atoms with Gasteiger partial charge in [0.25, 0.3) is 0 Å². The first-order chi connectivity index (χ1) is 15.1. The monoisotopic (exact) mass is 460 g/mol. The van der Waals surface area contributed by atoms with Gasteiger partial charge in [-0.1, -0.05) is 24.3 Å². The maximum absolute atomic E-state index is 12.5. The van der Waals surface area contributed by atoms with E-state index in [9.17, 15) is 8.76 Å². The molecule has 0 amide bonds. The van der Waals surface area contributed by atoms with Crippen LogP contribution in [0.1, 0.15) is 6.42 Å². The summed E-state index contributed by atoms with van der Waals surface area (Å²) in [5, 5.41) is 1.22. The average Bonchev–Trinajstić information content (AvgIpc) is 3.42. The van der Waals surface area contributed by atoms with Crippen LogP contribution in [-0.2, 0) is 9.99 Å². The van der Waals surface area contributed by atoms with E-state index in [0.717, 1.165) is 45.0 Å². The highest BCUT2D eigenvalue weighted by molar-refractivity contribution is 7.87. The summed E-state index contributed by atoms with van der Waals surface area (Å²) in [6.45, 7) is 4.98. The van der Waals surface area contributed by atoms with Gasteiger partial charge in [0.1, 0.15) is 5.82 Å². The minimum atomic E-state index is -3.55. The van der Waals surface area contributed by atoms with Crippen molar-refractivity contribution in [3.05, 3.63) is 53.4 Å². The molecule has 10 heteroatoms. The van der Waals surface area contributed by atoms with Crippen LogP contribution in [-0.4, -0.2) is 57.3 Å². The van der Waals surface area contributed by atoms with Crippen molar-refractivity contribution in [3.8, 4) is 0 Å². The van der Waals surface area contributed by atoms with E-state index in [2.05, 4.69) is 37.1 Å². The van der Waals surface area contributed by atoms with Gasteiger partial charge in [-0.05, 0) is 48.8 Å². The molecule has 2 aromatic carbocycles. The largest absolute Gasteiger partial charge is 0.413 e. The molecule has 1 unspecified atom stereocenters. The molecular formula is C21H24N4O4S2. The molecule has 8 nitrogen and oxygen atoms in total. The highest BCUT2D eigenvalue weighted by atomic mass is 32.2. The Morgan fingerprint density at radius 2 is 1.71 bits per heavy atom. The molecule has 1 atom stereocenters. The number of aromatic nitrogens is 1. The van der Waals surface area contributed by atoms with Gasteiger partial charge in [-0.2, -0.15) is 4.37 Å². The van der Waals surface area contributed by atoms with E-state index in [1.807, 2.05) is 6.07 Å². The number of benzene rings is 2. The van der Waals surface area contributed by atoms with Gasteiger partial charge in [-0.15, -0.1) is 0 Å². The van der Waals surface area contributed by atoms with Crippen LogP contribution >= 0.6 is 11.5 Å². The average molecular weight is 461 g/mol. The molecule has 5 rings (SSSR count). The molecular weight excluding hydrogens is 436 g/mol. The highest BCUT2D eigenvalue weighted by Gasteiger charge is 2.20. The fraction of sp³-hybridized carbons (Fsp3) is 0.333. The molecule has 0 saturated carbocycles. The van der Waals surface area contributed by atoms with Gasteiger partial charge in [-0.3, -0.25) is 9.45 Å². The number of fused-ring (bicyclic) bond motifs is 2. The highest BCUT2D eigenvalue weighted by Crippen LogP contribution is 2.29. The third kappa shape index (κ3) is 4.35. The Morgan fingerprint density at radius 3 is 2.45 bits per heavy atom. The molecule has 3 heterocycles. The Bertz CT molecular complexity index is 1310. The molecule has 31 heavy (non-hydrogen) atoms. The summed E-state index contributed by atoms with van der Waals surface area (Å²) < 4.78 is 42.1. The summed E-state index contributed by atoms with van der Waals surface area (Å²) >= 11 is 1.55. The van der Waals surface area contributed by atoms with Crippen LogP contribution < -0.4 is 9.62 Å². The minimum Gasteiger partial charge on any atom is -0.413 e. The molecule has 2 N–H and O–H groups in total. The summed E-state index contributed by atoms with van der Waals surface area (Å²) in [7, 11) is -3.55. The van der Waals surface area contributed by atoms with Gasteiger partial charge in [0, 0.05) is 38.1 Å². The van der Waals surface area contributed by atoms with E-state index in [4.69, 9.17) is 8.83 Å². The van der Waals surface area contributed by atoms with Crippen LogP contribution in [0.2, 0.25) is 0 Å². The zero-order valence-electron chi connectivity index (χ0n) is 16.9. The molecule has 0 bridgehead atoms. The predicted octanol–water partition coefficient (Wildman–Crippen LogP) is 3.64. The number of nitrogens with zero attached hydrogens (tertiary/aromatic N) is 3. The van der Waals surface area contributed by atoms with E-state index in [-0.39, 0.29) is 4.90 Å². The third-order valence-electron chi connectivity index (χ3n) is 5.44. The van der Waals surface area contributed by atoms with Crippen LogP contribution in [0.3, 0.4) is 0 Å². The van der Waals surface area contributed by atoms with E-state index in [1.54, 1.807) is 35.8 Å². The molecule has 1 aliphatic rings. The third-order valence-corrected chi connectivity index (χ3v) is 7.47. The maximum atomic E-state index is 12.5. The number of para-hydroxylation sites is 2. The van der Waals surface area contributed by atoms with Crippen LogP contribution in [0, 0.1) is 4.90 Å². The Kier molecular flexibility index (Phi) is 5.72.